The molecular weight excluding hydrogens is 282 g/mol. The van der Waals surface area contributed by atoms with Crippen LogP contribution in [0.15, 0.2) is 24.3 Å². The van der Waals surface area contributed by atoms with Gasteiger partial charge in [-0.1, -0.05) is 18.2 Å². The van der Waals surface area contributed by atoms with Crippen LogP contribution in [-0.2, 0) is 25.4 Å². The first-order valence-electron chi connectivity index (χ1n) is 5.98. The summed E-state index contributed by atoms with van der Waals surface area (Å²) >= 11 is 0. The number of anilines is 1. The largest absolute Gasteiger partial charge is 0.398 e. The third-order valence-corrected chi connectivity index (χ3v) is 4.96. The monoisotopic (exact) mass is 297 g/mol. The van der Waals surface area contributed by atoms with Gasteiger partial charge in [0.05, 0.1) is 12.3 Å². The van der Waals surface area contributed by atoms with Gasteiger partial charge in [-0.3, -0.25) is 14.9 Å². The van der Waals surface area contributed by atoms with E-state index >= 15 is 0 Å². The normalized spacial score (nSPS) is 20.8. The fourth-order valence-electron chi connectivity index (χ4n) is 1.97. The van der Waals surface area contributed by atoms with Crippen LogP contribution < -0.4 is 11.1 Å². The second-order valence-electron chi connectivity index (χ2n) is 4.59. The quantitative estimate of drug-likeness (QED) is 0.574. The van der Waals surface area contributed by atoms with Gasteiger partial charge in [-0.15, -0.1) is 0 Å². The molecule has 8 heteroatoms. The Morgan fingerprint density at radius 1 is 1.35 bits per heavy atom. The van der Waals surface area contributed by atoms with Gasteiger partial charge in [-0.25, -0.2) is 8.42 Å². The maximum Gasteiger partial charge on any atom is 0.244 e. The van der Waals surface area contributed by atoms with Crippen LogP contribution in [0.25, 0.3) is 0 Å². The van der Waals surface area contributed by atoms with Gasteiger partial charge >= 0.3 is 0 Å². The lowest BCUT2D eigenvalue weighted by molar-refractivity contribution is -0.136. The summed E-state index contributed by atoms with van der Waals surface area (Å²) in [5.41, 5.74) is 6.52. The number of imide groups is 1. The maximum absolute atomic E-state index is 12.3. The number of nitrogens with zero attached hydrogens (tertiary/aromatic N) is 1. The molecule has 3 N–H and O–H groups in total. The molecule has 0 bridgehead atoms. The number of rotatable bonds is 3. The molecule has 0 saturated carbocycles. The molecule has 0 aliphatic carbocycles. The number of benzene rings is 1. The number of sulfonamides is 1. The molecule has 1 aliphatic rings. The van der Waals surface area contributed by atoms with E-state index in [1.807, 2.05) is 0 Å². The fraction of sp³-hybridized carbons (Fsp3) is 0.333. The molecule has 1 unspecified atom stereocenters. The number of carbonyl (C=O) groups excluding carboxylic acids is 2. The number of nitrogen functional groups attached to an aromatic ring is 1. The highest BCUT2D eigenvalue weighted by Crippen LogP contribution is 2.19. The van der Waals surface area contributed by atoms with Gasteiger partial charge < -0.3 is 5.73 Å². The predicted molar refractivity (Wildman–Crippen MR) is 72.8 cm³/mol. The highest BCUT2D eigenvalue weighted by Gasteiger charge is 2.38. The first kappa shape index (κ1) is 14.5. The number of piperazine rings is 1. The molecule has 1 aliphatic heterocycles. The summed E-state index contributed by atoms with van der Waals surface area (Å²) in [4.78, 5) is 22.9. The number of hydrogen-bond donors (Lipinski definition) is 2. The highest BCUT2D eigenvalue weighted by atomic mass is 32.2. The van der Waals surface area contributed by atoms with E-state index in [2.05, 4.69) is 5.32 Å². The Morgan fingerprint density at radius 3 is 2.65 bits per heavy atom. The van der Waals surface area contributed by atoms with E-state index in [1.165, 1.54) is 6.92 Å². The van der Waals surface area contributed by atoms with Crippen molar-refractivity contribution < 1.29 is 18.0 Å². The van der Waals surface area contributed by atoms with Crippen molar-refractivity contribution in [1.29, 1.82) is 0 Å². The van der Waals surface area contributed by atoms with Crippen molar-refractivity contribution in [2.75, 3.05) is 12.3 Å². The first-order chi connectivity index (χ1) is 9.31. The first-order valence-corrected chi connectivity index (χ1v) is 7.59. The maximum atomic E-state index is 12.3. The average molecular weight is 297 g/mol. The van der Waals surface area contributed by atoms with Crippen LogP contribution >= 0.6 is 0 Å². The summed E-state index contributed by atoms with van der Waals surface area (Å²) in [5, 5.41) is 2.10. The van der Waals surface area contributed by atoms with Crippen LogP contribution in [0.2, 0.25) is 0 Å². The molecule has 1 saturated heterocycles. The molecular formula is C12H15N3O4S. The minimum Gasteiger partial charge on any atom is -0.398 e. The lowest BCUT2D eigenvalue weighted by Crippen LogP contribution is -2.58. The minimum atomic E-state index is -3.80. The molecule has 0 radical (unpaired) electrons. The van der Waals surface area contributed by atoms with E-state index in [0.717, 1.165) is 4.31 Å². The number of nitrogens with one attached hydrogen (secondary N) is 1. The predicted octanol–water partition coefficient (Wildman–Crippen LogP) is -0.554. The lowest BCUT2D eigenvalue weighted by Gasteiger charge is -2.30. The van der Waals surface area contributed by atoms with E-state index < -0.39 is 27.9 Å². The molecule has 2 amide bonds. The third kappa shape index (κ3) is 2.81. The van der Waals surface area contributed by atoms with Gasteiger partial charge in [0.2, 0.25) is 21.8 Å². The summed E-state index contributed by atoms with van der Waals surface area (Å²) in [6, 6.07) is 5.67. The van der Waals surface area contributed by atoms with E-state index in [4.69, 9.17) is 5.73 Å². The summed E-state index contributed by atoms with van der Waals surface area (Å²) in [5.74, 6) is -1.59. The van der Waals surface area contributed by atoms with E-state index in [1.54, 1.807) is 24.3 Å². The Labute approximate surface area is 116 Å². The molecule has 7 nitrogen and oxygen atoms in total. The van der Waals surface area contributed by atoms with Crippen LogP contribution in [0.5, 0.6) is 0 Å². The highest BCUT2D eigenvalue weighted by molar-refractivity contribution is 7.88. The van der Waals surface area contributed by atoms with Crippen molar-refractivity contribution in [3.8, 4) is 0 Å². The average Bonchev–Trinajstić information content (AvgIpc) is 2.36. The van der Waals surface area contributed by atoms with Crippen molar-refractivity contribution in [3.63, 3.8) is 0 Å². The molecule has 108 valence electrons. The van der Waals surface area contributed by atoms with Gasteiger partial charge in [0.1, 0.15) is 6.04 Å². The van der Waals surface area contributed by atoms with E-state index in [0.29, 0.717) is 11.3 Å². The Morgan fingerprint density at radius 2 is 2.00 bits per heavy atom. The smallest absolute Gasteiger partial charge is 0.244 e. The summed E-state index contributed by atoms with van der Waals surface area (Å²) in [6.07, 6.45) is 0. The summed E-state index contributed by atoms with van der Waals surface area (Å²) < 4.78 is 25.6. The second kappa shape index (κ2) is 5.22. The number of para-hydroxylation sites is 1. The Hall–Kier alpha value is -1.93. The number of carbonyl (C=O) groups is 2. The van der Waals surface area contributed by atoms with Gasteiger partial charge in [-0.2, -0.15) is 4.31 Å². The van der Waals surface area contributed by atoms with Crippen molar-refractivity contribution in [2.24, 2.45) is 0 Å². The molecule has 20 heavy (non-hydrogen) atoms. The van der Waals surface area contributed by atoms with Crippen LogP contribution in [0, 0.1) is 0 Å². The number of nitrogens with two attached hydrogens (primary N) is 1. The van der Waals surface area contributed by atoms with Gasteiger partial charge in [0.15, 0.2) is 0 Å². The van der Waals surface area contributed by atoms with Gasteiger partial charge in [0, 0.05) is 5.69 Å². The Balaban J connectivity index is 2.28. The topological polar surface area (TPSA) is 110 Å². The Bertz CT molecular complexity index is 656. The number of hydrogen-bond acceptors (Lipinski definition) is 5. The molecule has 1 fully saturated rings. The SMILES string of the molecule is CC1C(=O)NC(=O)CN1S(=O)(=O)Cc1ccccc1N. The molecule has 0 spiro atoms. The minimum absolute atomic E-state index is 0.343. The van der Waals surface area contributed by atoms with Crippen LogP contribution in [-0.4, -0.2) is 37.1 Å². The Kier molecular flexibility index (Phi) is 3.78. The second-order valence-corrected chi connectivity index (χ2v) is 6.51. The van der Waals surface area contributed by atoms with Crippen molar-refractivity contribution in [2.45, 2.75) is 18.7 Å². The lowest BCUT2D eigenvalue weighted by atomic mass is 10.2. The van der Waals surface area contributed by atoms with Crippen LogP contribution in [0.1, 0.15) is 12.5 Å². The van der Waals surface area contributed by atoms with E-state index in [-0.39, 0.29) is 12.3 Å². The molecule has 1 aromatic rings. The van der Waals surface area contributed by atoms with Crippen molar-refractivity contribution in [1.82, 2.24) is 9.62 Å². The van der Waals surface area contributed by atoms with Crippen LogP contribution in [0.4, 0.5) is 5.69 Å². The summed E-state index contributed by atoms with van der Waals surface area (Å²) in [6.45, 7) is 1.08. The zero-order chi connectivity index (χ0) is 14.9. The van der Waals surface area contributed by atoms with Crippen LogP contribution in [0.3, 0.4) is 0 Å². The molecule has 0 aromatic heterocycles. The van der Waals surface area contributed by atoms with Gasteiger partial charge in [0.25, 0.3) is 0 Å². The van der Waals surface area contributed by atoms with E-state index in [9.17, 15) is 18.0 Å². The molecule has 1 heterocycles. The number of amides is 2. The molecule has 1 atom stereocenters. The zero-order valence-corrected chi connectivity index (χ0v) is 11.7. The van der Waals surface area contributed by atoms with Crippen molar-refractivity contribution in [3.05, 3.63) is 29.8 Å². The summed E-state index contributed by atoms with van der Waals surface area (Å²) in [7, 11) is -3.80. The van der Waals surface area contributed by atoms with Crippen molar-refractivity contribution >= 4 is 27.5 Å². The molecule has 1 aromatic carbocycles. The third-order valence-electron chi connectivity index (χ3n) is 3.12. The van der Waals surface area contributed by atoms with Gasteiger partial charge in [-0.05, 0) is 18.6 Å². The molecule has 2 rings (SSSR count). The zero-order valence-electron chi connectivity index (χ0n) is 10.9. The standard InChI is InChI=1S/C12H15N3O4S/c1-8-12(17)14-11(16)6-15(8)20(18,19)7-9-4-2-3-5-10(9)13/h2-5,8H,6-7,13H2,1H3,(H,14,16,17). The fourth-order valence-corrected chi connectivity index (χ4v) is 3.69.